The minimum absolute atomic E-state index is 0.0581. The molecule has 6 heteroatoms. The number of methoxy groups -OCH3 is 1. The molecule has 0 fully saturated rings. The van der Waals surface area contributed by atoms with Gasteiger partial charge in [-0.25, -0.2) is 4.39 Å². The molecule has 1 rings (SSSR count). The van der Waals surface area contributed by atoms with E-state index in [4.69, 9.17) is 4.74 Å². The van der Waals surface area contributed by atoms with Crippen molar-refractivity contribution in [3.63, 3.8) is 0 Å². The van der Waals surface area contributed by atoms with Crippen LogP contribution in [0.15, 0.2) is 22.7 Å². The lowest BCUT2D eigenvalue weighted by molar-refractivity contribution is -0.120. The Kier molecular flexibility index (Phi) is 7.62. The van der Waals surface area contributed by atoms with Crippen molar-refractivity contribution in [3.8, 4) is 0 Å². The Balaban J connectivity index is 2.18. The minimum atomic E-state index is -0.282. The summed E-state index contributed by atoms with van der Waals surface area (Å²) in [5.41, 5.74) is 0.973. The Bertz CT molecular complexity index is 416. The molecule has 19 heavy (non-hydrogen) atoms. The van der Waals surface area contributed by atoms with Crippen LogP contribution in [0.3, 0.4) is 0 Å². The largest absolute Gasteiger partial charge is 0.383 e. The second-order valence-corrected chi connectivity index (χ2v) is 4.87. The van der Waals surface area contributed by atoms with Crippen molar-refractivity contribution in [2.24, 2.45) is 0 Å². The summed E-state index contributed by atoms with van der Waals surface area (Å²) >= 11 is 3.13. The lowest BCUT2D eigenvalue weighted by Gasteiger charge is -2.07. The van der Waals surface area contributed by atoms with Crippen LogP contribution in [0.1, 0.15) is 5.56 Å². The number of halogens is 2. The molecule has 0 radical (unpaired) electrons. The van der Waals surface area contributed by atoms with Crippen LogP contribution in [0, 0.1) is 5.82 Å². The first-order chi connectivity index (χ1) is 9.13. The van der Waals surface area contributed by atoms with Gasteiger partial charge in [0.25, 0.3) is 0 Å². The number of carbonyl (C=O) groups is 1. The van der Waals surface area contributed by atoms with Gasteiger partial charge in [-0.15, -0.1) is 0 Å². The third-order valence-corrected chi connectivity index (χ3v) is 3.10. The lowest BCUT2D eigenvalue weighted by atomic mass is 10.1. The number of hydrogen-bond donors (Lipinski definition) is 2. The molecular formula is C13H18BrFN2O2. The molecule has 4 nitrogen and oxygen atoms in total. The molecule has 0 spiro atoms. The third kappa shape index (κ3) is 6.66. The molecule has 0 unspecified atom stereocenters. The van der Waals surface area contributed by atoms with E-state index in [0.717, 1.165) is 5.56 Å². The molecule has 0 aliphatic carbocycles. The number of benzene rings is 1. The van der Waals surface area contributed by atoms with E-state index in [1.54, 1.807) is 19.2 Å². The number of nitrogens with one attached hydrogen (secondary N) is 2. The minimum Gasteiger partial charge on any atom is -0.383 e. The van der Waals surface area contributed by atoms with Crippen LogP contribution in [-0.4, -0.2) is 39.3 Å². The first-order valence-electron chi connectivity index (χ1n) is 6.03. The van der Waals surface area contributed by atoms with E-state index < -0.39 is 0 Å². The Hall–Kier alpha value is -0.980. The Morgan fingerprint density at radius 3 is 2.89 bits per heavy atom. The highest BCUT2D eigenvalue weighted by Crippen LogP contribution is 2.16. The zero-order chi connectivity index (χ0) is 14.1. The summed E-state index contributed by atoms with van der Waals surface area (Å²) in [5, 5.41) is 5.75. The molecular weight excluding hydrogens is 315 g/mol. The van der Waals surface area contributed by atoms with Crippen molar-refractivity contribution in [2.45, 2.75) is 6.42 Å². The highest BCUT2D eigenvalue weighted by atomic mass is 79.9. The topological polar surface area (TPSA) is 50.4 Å². The van der Waals surface area contributed by atoms with E-state index in [1.165, 1.54) is 6.07 Å². The van der Waals surface area contributed by atoms with Crippen molar-refractivity contribution < 1.29 is 13.9 Å². The maximum atomic E-state index is 13.0. The number of rotatable bonds is 8. The summed E-state index contributed by atoms with van der Waals surface area (Å²) in [5.74, 6) is -0.340. The summed E-state index contributed by atoms with van der Waals surface area (Å²) < 4.78 is 18.3. The van der Waals surface area contributed by atoms with Gasteiger partial charge in [0.2, 0.25) is 5.91 Å². The maximum absolute atomic E-state index is 13.0. The molecule has 0 atom stereocenters. The van der Waals surface area contributed by atoms with Gasteiger partial charge in [-0.05, 0) is 40.0 Å². The zero-order valence-corrected chi connectivity index (χ0v) is 12.4. The standard InChI is InChI=1S/C13H18BrFN2O2/c1-19-7-6-16-9-13(18)17-5-4-10-2-3-12(15)11(14)8-10/h2-3,8,16H,4-7,9H2,1H3,(H,17,18). The van der Waals surface area contributed by atoms with Crippen LogP contribution < -0.4 is 10.6 Å². The maximum Gasteiger partial charge on any atom is 0.233 e. The average Bonchev–Trinajstić information content (AvgIpc) is 2.39. The third-order valence-electron chi connectivity index (χ3n) is 2.49. The van der Waals surface area contributed by atoms with Gasteiger partial charge in [-0.2, -0.15) is 0 Å². The van der Waals surface area contributed by atoms with E-state index in [2.05, 4.69) is 26.6 Å². The number of ether oxygens (including phenoxy) is 1. The molecule has 0 aliphatic heterocycles. The van der Waals surface area contributed by atoms with Gasteiger partial charge in [0, 0.05) is 20.2 Å². The van der Waals surface area contributed by atoms with E-state index >= 15 is 0 Å². The summed E-state index contributed by atoms with van der Waals surface area (Å²) in [7, 11) is 1.61. The van der Waals surface area contributed by atoms with Gasteiger partial charge in [-0.3, -0.25) is 4.79 Å². The monoisotopic (exact) mass is 332 g/mol. The van der Waals surface area contributed by atoms with Crippen LogP contribution >= 0.6 is 15.9 Å². The first-order valence-corrected chi connectivity index (χ1v) is 6.83. The van der Waals surface area contributed by atoms with Gasteiger partial charge in [0.1, 0.15) is 5.82 Å². The highest BCUT2D eigenvalue weighted by molar-refractivity contribution is 9.10. The van der Waals surface area contributed by atoms with Gasteiger partial charge in [-0.1, -0.05) is 6.07 Å². The molecule has 2 N–H and O–H groups in total. The van der Waals surface area contributed by atoms with Crippen molar-refractivity contribution in [2.75, 3.05) is 33.4 Å². The van der Waals surface area contributed by atoms with Crippen molar-refractivity contribution in [3.05, 3.63) is 34.1 Å². The van der Waals surface area contributed by atoms with E-state index in [9.17, 15) is 9.18 Å². The predicted octanol–water partition coefficient (Wildman–Crippen LogP) is 1.48. The normalized spacial score (nSPS) is 10.5. The molecule has 106 valence electrons. The summed E-state index contributed by atoms with van der Waals surface area (Å²) in [6.45, 7) is 2.03. The Morgan fingerprint density at radius 1 is 1.42 bits per heavy atom. The highest BCUT2D eigenvalue weighted by Gasteiger charge is 2.02. The number of hydrogen-bond acceptors (Lipinski definition) is 3. The quantitative estimate of drug-likeness (QED) is 0.709. The van der Waals surface area contributed by atoms with Gasteiger partial charge >= 0.3 is 0 Å². The Morgan fingerprint density at radius 2 is 2.21 bits per heavy atom. The molecule has 0 saturated carbocycles. The fraction of sp³-hybridized carbons (Fsp3) is 0.462. The lowest BCUT2D eigenvalue weighted by Crippen LogP contribution is -2.36. The van der Waals surface area contributed by atoms with E-state index in [-0.39, 0.29) is 18.3 Å². The number of amides is 1. The fourth-order valence-electron chi connectivity index (χ4n) is 1.48. The molecule has 1 aromatic rings. The van der Waals surface area contributed by atoms with E-state index in [1.807, 2.05) is 0 Å². The van der Waals surface area contributed by atoms with Crippen LogP contribution in [0.4, 0.5) is 4.39 Å². The molecule has 0 bridgehead atoms. The molecule has 1 aromatic carbocycles. The van der Waals surface area contributed by atoms with Crippen LogP contribution in [0.5, 0.6) is 0 Å². The van der Waals surface area contributed by atoms with Gasteiger partial charge in [0.15, 0.2) is 0 Å². The molecule has 0 saturated heterocycles. The van der Waals surface area contributed by atoms with Crippen molar-refractivity contribution in [1.82, 2.24) is 10.6 Å². The van der Waals surface area contributed by atoms with E-state index in [0.29, 0.717) is 30.6 Å². The second-order valence-electron chi connectivity index (χ2n) is 4.02. The summed E-state index contributed by atoms with van der Waals surface area (Å²) in [6, 6.07) is 4.84. The van der Waals surface area contributed by atoms with Crippen molar-refractivity contribution >= 4 is 21.8 Å². The fourth-order valence-corrected chi connectivity index (χ4v) is 1.91. The number of carbonyl (C=O) groups excluding carboxylic acids is 1. The smallest absolute Gasteiger partial charge is 0.233 e. The van der Waals surface area contributed by atoms with Gasteiger partial charge < -0.3 is 15.4 Å². The molecule has 0 heterocycles. The predicted molar refractivity (Wildman–Crippen MR) is 75.6 cm³/mol. The second kappa shape index (κ2) is 9.01. The van der Waals surface area contributed by atoms with Crippen LogP contribution in [0.25, 0.3) is 0 Å². The SMILES string of the molecule is COCCNCC(=O)NCCc1ccc(F)c(Br)c1. The molecule has 1 amide bonds. The average molecular weight is 333 g/mol. The van der Waals surface area contributed by atoms with Crippen LogP contribution in [-0.2, 0) is 16.0 Å². The summed E-state index contributed by atoms with van der Waals surface area (Å²) in [6.07, 6.45) is 0.669. The van der Waals surface area contributed by atoms with Gasteiger partial charge in [0.05, 0.1) is 17.6 Å². The summed E-state index contributed by atoms with van der Waals surface area (Å²) in [4.78, 5) is 11.4. The molecule has 0 aromatic heterocycles. The Labute approximate surface area is 120 Å². The van der Waals surface area contributed by atoms with Crippen LogP contribution in [0.2, 0.25) is 0 Å². The molecule has 0 aliphatic rings. The zero-order valence-electron chi connectivity index (χ0n) is 10.8. The van der Waals surface area contributed by atoms with Crippen molar-refractivity contribution in [1.29, 1.82) is 0 Å². The first kappa shape index (κ1) is 16.1.